The highest BCUT2D eigenvalue weighted by atomic mass is 19.1. The molecule has 2 nitrogen and oxygen atoms in total. The Morgan fingerprint density at radius 3 is 2.44 bits per heavy atom. The fourth-order valence-electron chi connectivity index (χ4n) is 2.52. The Morgan fingerprint density at radius 1 is 1.28 bits per heavy atom. The first-order valence-corrected chi connectivity index (χ1v) is 6.87. The van der Waals surface area contributed by atoms with Crippen LogP contribution in [0.2, 0.25) is 0 Å². The number of hydrogen-bond donors (Lipinski definition) is 1. The van der Waals surface area contributed by atoms with Gasteiger partial charge in [-0.2, -0.15) is 0 Å². The summed E-state index contributed by atoms with van der Waals surface area (Å²) in [6.07, 6.45) is 5.78. The van der Waals surface area contributed by atoms with Gasteiger partial charge in [-0.15, -0.1) is 0 Å². The van der Waals surface area contributed by atoms with E-state index in [2.05, 4.69) is 6.92 Å². The fraction of sp³-hybridized carbons (Fsp3) is 0.600. The maximum absolute atomic E-state index is 13.0. The first-order chi connectivity index (χ1) is 8.70. The van der Waals surface area contributed by atoms with Crippen LogP contribution in [0, 0.1) is 5.82 Å². The summed E-state index contributed by atoms with van der Waals surface area (Å²) < 4.78 is 19.1. The van der Waals surface area contributed by atoms with Crippen LogP contribution in [0.1, 0.15) is 50.7 Å². The smallest absolute Gasteiger partial charge is 0.123 e. The van der Waals surface area contributed by atoms with Crippen LogP contribution in [0.5, 0.6) is 0 Å². The van der Waals surface area contributed by atoms with Crippen LogP contribution in [0.15, 0.2) is 24.3 Å². The lowest BCUT2D eigenvalue weighted by Crippen LogP contribution is -2.31. The van der Waals surface area contributed by atoms with Gasteiger partial charge >= 0.3 is 0 Å². The van der Waals surface area contributed by atoms with Gasteiger partial charge in [0.25, 0.3) is 0 Å². The van der Waals surface area contributed by atoms with Crippen molar-refractivity contribution in [2.45, 2.75) is 57.3 Å². The molecule has 0 heterocycles. The van der Waals surface area contributed by atoms with E-state index in [-0.39, 0.29) is 18.0 Å². The molecule has 2 rings (SSSR count). The SMILES string of the molecule is CCC(N)C(OC1CCCC1)c1ccc(F)cc1. The van der Waals surface area contributed by atoms with Crippen molar-refractivity contribution < 1.29 is 9.13 Å². The molecule has 2 unspecified atom stereocenters. The molecule has 3 heteroatoms. The van der Waals surface area contributed by atoms with Gasteiger partial charge in [0.05, 0.1) is 12.2 Å². The first-order valence-electron chi connectivity index (χ1n) is 6.87. The second kappa shape index (κ2) is 6.30. The summed E-state index contributed by atoms with van der Waals surface area (Å²) in [5, 5.41) is 0. The summed E-state index contributed by atoms with van der Waals surface area (Å²) in [7, 11) is 0. The van der Waals surface area contributed by atoms with Gasteiger partial charge in [0.1, 0.15) is 5.82 Å². The van der Waals surface area contributed by atoms with Crippen LogP contribution in [0.3, 0.4) is 0 Å². The van der Waals surface area contributed by atoms with Gasteiger partial charge < -0.3 is 10.5 Å². The third-order valence-corrected chi connectivity index (χ3v) is 3.70. The summed E-state index contributed by atoms with van der Waals surface area (Å²) >= 11 is 0. The lowest BCUT2D eigenvalue weighted by molar-refractivity contribution is -0.0237. The molecule has 1 fully saturated rings. The monoisotopic (exact) mass is 251 g/mol. The van der Waals surface area contributed by atoms with Crippen molar-refractivity contribution in [2.75, 3.05) is 0 Å². The van der Waals surface area contributed by atoms with Crippen molar-refractivity contribution in [3.63, 3.8) is 0 Å². The van der Waals surface area contributed by atoms with Gasteiger partial charge in [0.2, 0.25) is 0 Å². The van der Waals surface area contributed by atoms with E-state index >= 15 is 0 Å². The molecule has 1 saturated carbocycles. The summed E-state index contributed by atoms with van der Waals surface area (Å²) in [6, 6.07) is 6.48. The molecule has 0 aromatic heterocycles. The minimum atomic E-state index is -0.219. The maximum Gasteiger partial charge on any atom is 0.123 e. The van der Waals surface area contributed by atoms with Gasteiger partial charge in [-0.3, -0.25) is 0 Å². The third-order valence-electron chi connectivity index (χ3n) is 3.70. The molecule has 1 aliphatic carbocycles. The van der Waals surface area contributed by atoms with E-state index in [0.29, 0.717) is 6.10 Å². The second-order valence-corrected chi connectivity index (χ2v) is 5.09. The molecule has 0 amide bonds. The van der Waals surface area contributed by atoms with Crippen LogP contribution < -0.4 is 5.73 Å². The number of rotatable bonds is 5. The van der Waals surface area contributed by atoms with Crippen LogP contribution >= 0.6 is 0 Å². The second-order valence-electron chi connectivity index (χ2n) is 5.09. The Balaban J connectivity index is 2.10. The highest BCUT2D eigenvalue weighted by molar-refractivity contribution is 5.20. The van der Waals surface area contributed by atoms with Gasteiger partial charge in [-0.25, -0.2) is 4.39 Å². The summed E-state index contributed by atoms with van der Waals surface area (Å²) in [6.45, 7) is 2.05. The Hall–Kier alpha value is -0.930. The predicted molar refractivity (Wildman–Crippen MR) is 70.7 cm³/mol. The zero-order chi connectivity index (χ0) is 13.0. The van der Waals surface area contributed by atoms with Gasteiger partial charge in [0, 0.05) is 6.04 Å². The average molecular weight is 251 g/mol. The Labute approximate surface area is 108 Å². The third kappa shape index (κ3) is 3.30. The fourth-order valence-corrected chi connectivity index (χ4v) is 2.52. The highest BCUT2D eigenvalue weighted by Crippen LogP contribution is 2.30. The van der Waals surface area contributed by atoms with Crippen molar-refractivity contribution in [3.8, 4) is 0 Å². The number of nitrogens with two attached hydrogens (primary N) is 1. The quantitative estimate of drug-likeness (QED) is 0.868. The predicted octanol–water partition coefficient (Wildman–Crippen LogP) is 3.56. The molecular formula is C15H22FNO. The Kier molecular flexibility index (Phi) is 4.72. The van der Waals surface area contributed by atoms with Crippen molar-refractivity contribution >= 4 is 0 Å². The molecule has 0 spiro atoms. The van der Waals surface area contributed by atoms with E-state index in [0.717, 1.165) is 24.8 Å². The molecule has 18 heavy (non-hydrogen) atoms. The molecule has 0 saturated heterocycles. The number of ether oxygens (including phenoxy) is 1. The Bertz CT molecular complexity index is 359. The van der Waals surface area contributed by atoms with Crippen molar-refractivity contribution in [2.24, 2.45) is 5.73 Å². The highest BCUT2D eigenvalue weighted by Gasteiger charge is 2.25. The van der Waals surface area contributed by atoms with Crippen molar-refractivity contribution in [1.82, 2.24) is 0 Å². The van der Waals surface area contributed by atoms with Crippen LogP contribution in [-0.4, -0.2) is 12.1 Å². The zero-order valence-corrected chi connectivity index (χ0v) is 10.9. The van der Waals surface area contributed by atoms with E-state index in [1.165, 1.54) is 25.0 Å². The van der Waals surface area contributed by atoms with E-state index in [4.69, 9.17) is 10.5 Å². The van der Waals surface area contributed by atoms with Gasteiger partial charge in [-0.05, 0) is 37.0 Å². The lowest BCUT2D eigenvalue weighted by atomic mass is 10.0. The van der Waals surface area contributed by atoms with Crippen molar-refractivity contribution in [3.05, 3.63) is 35.6 Å². The van der Waals surface area contributed by atoms with E-state index in [1.807, 2.05) is 0 Å². The largest absolute Gasteiger partial charge is 0.369 e. The minimum Gasteiger partial charge on any atom is -0.369 e. The van der Waals surface area contributed by atoms with Crippen LogP contribution in [-0.2, 0) is 4.74 Å². The molecule has 2 atom stereocenters. The van der Waals surface area contributed by atoms with Crippen LogP contribution in [0.25, 0.3) is 0 Å². The molecule has 1 aromatic carbocycles. The van der Waals surface area contributed by atoms with Crippen molar-refractivity contribution in [1.29, 1.82) is 0 Å². The number of hydrogen-bond acceptors (Lipinski definition) is 2. The number of benzene rings is 1. The Morgan fingerprint density at radius 2 is 1.89 bits per heavy atom. The van der Waals surface area contributed by atoms with E-state index in [9.17, 15) is 4.39 Å². The first kappa shape index (κ1) is 13.5. The molecule has 100 valence electrons. The summed E-state index contributed by atoms with van der Waals surface area (Å²) in [4.78, 5) is 0. The molecular weight excluding hydrogens is 229 g/mol. The number of halogens is 1. The molecule has 0 aliphatic heterocycles. The standard InChI is InChI=1S/C15H22FNO/c1-2-14(17)15(18-13-5-3-4-6-13)11-7-9-12(16)10-8-11/h7-10,13-15H,2-6,17H2,1H3. The molecule has 0 radical (unpaired) electrons. The van der Waals surface area contributed by atoms with E-state index in [1.54, 1.807) is 12.1 Å². The normalized spacial score (nSPS) is 19.9. The minimum absolute atomic E-state index is 0.0314. The maximum atomic E-state index is 13.0. The molecule has 0 bridgehead atoms. The topological polar surface area (TPSA) is 35.2 Å². The van der Waals surface area contributed by atoms with Gasteiger partial charge in [0.15, 0.2) is 0 Å². The lowest BCUT2D eigenvalue weighted by Gasteiger charge is -2.27. The molecule has 2 N–H and O–H groups in total. The van der Waals surface area contributed by atoms with Crippen LogP contribution in [0.4, 0.5) is 4.39 Å². The van der Waals surface area contributed by atoms with Gasteiger partial charge in [-0.1, -0.05) is 31.9 Å². The van der Waals surface area contributed by atoms with E-state index < -0.39 is 0 Å². The molecule has 1 aromatic rings. The average Bonchev–Trinajstić information content (AvgIpc) is 2.89. The summed E-state index contributed by atoms with van der Waals surface area (Å²) in [5.74, 6) is -0.219. The summed E-state index contributed by atoms with van der Waals surface area (Å²) in [5.41, 5.74) is 7.13. The molecule has 1 aliphatic rings. The zero-order valence-electron chi connectivity index (χ0n) is 10.9.